The Kier molecular flexibility index (Phi) is 6.54. The van der Waals surface area contributed by atoms with Crippen molar-refractivity contribution in [3.8, 4) is 17.4 Å². The largest absolute Gasteiger partial charge is 0.497 e. The molecule has 1 saturated heterocycles. The molecule has 0 aliphatic carbocycles. The number of hydrogen-bond acceptors (Lipinski definition) is 5. The van der Waals surface area contributed by atoms with Gasteiger partial charge in [0.05, 0.1) is 19.0 Å². The van der Waals surface area contributed by atoms with Crippen molar-refractivity contribution in [3.63, 3.8) is 0 Å². The molecule has 3 rings (SSSR count). The van der Waals surface area contributed by atoms with Crippen molar-refractivity contribution in [1.82, 2.24) is 14.8 Å². The van der Waals surface area contributed by atoms with Crippen LogP contribution in [0, 0.1) is 5.92 Å². The summed E-state index contributed by atoms with van der Waals surface area (Å²) in [5.41, 5.74) is 0.611. The molecule has 0 spiro atoms. The molecule has 1 aromatic heterocycles. The van der Waals surface area contributed by atoms with Crippen LogP contribution in [0.2, 0.25) is 0 Å². The first-order valence-corrected chi connectivity index (χ1v) is 9.51. The highest BCUT2D eigenvalue weighted by molar-refractivity contribution is 5.92. The number of carbonyl (C=O) groups is 2. The number of anilines is 1. The molecule has 1 fully saturated rings. The molecule has 0 radical (unpaired) electrons. The minimum atomic E-state index is -0.117. The van der Waals surface area contributed by atoms with E-state index in [0.29, 0.717) is 49.0 Å². The molecule has 3 amide bonds. The van der Waals surface area contributed by atoms with Crippen LogP contribution < -0.4 is 14.8 Å². The number of urea groups is 1. The van der Waals surface area contributed by atoms with Gasteiger partial charge in [-0.05, 0) is 31.0 Å². The second-order valence-corrected chi connectivity index (χ2v) is 7.09. The molecule has 1 aliphatic rings. The molecule has 0 atom stereocenters. The normalized spacial score (nSPS) is 14.2. The van der Waals surface area contributed by atoms with Gasteiger partial charge in [-0.1, -0.05) is 6.07 Å². The topological polar surface area (TPSA) is 84.0 Å². The summed E-state index contributed by atoms with van der Waals surface area (Å²) in [4.78, 5) is 32.1. The van der Waals surface area contributed by atoms with Crippen LogP contribution in [-0.2, 0) is 4.79 Å². The number of nitrogens with one attached hydrogen (secondary N) is 1. The Morgan fingerprint density at radius 1 is 1.14 bits per heavy atom. The Hall–Kier alpha value is -3.29. The van der Waals surface area contributed by atoms with Crippen molar-refractivity contribution < 1.29 is 19.1 Å². The number of carbonyl (C=O) groups excluding carboxylic acids is 2. The molecule has 29 heavy (non-hydrogen) atoms. The van der Waals surface area contributed by atoms with E-state index in [0.717, 1.165) is 0 Å². The number of aromatic nitrogens is 1. The first-order chi connectivity index (χ1) is 14.0. The Morgan fingerprint density at radius 2 is 1.86 bits per heavy atom. The van der Waals surface area contributed by atoms with Gasteiger partial charge in [0.1, 0.15) is 11.5 Å². The van der Waals surface area contributed by atoms with Crippen molar-refractivity contribution in [2.45, 2.75) is 12.8 Å². The summed E-state index contributed by atoms with van der Waals surface area (Å²) in [6, 6.07) is 10.7. The fraction of sp³-hybridized carbons (Fsp3) is 0.381. The van der Waals surface area contributed by atoms with E-state index >= 15 is 0 Å². The molecular formula is C21H26N4O4. The number of ether oxygens (including phenoxy) is 2. The van der Waals surface area contributed by atoms with Crippen LogP contribution >= 0.6 is 0 Å². The summed E-state index contributed by atoms with van der Waals surface area (Å²) < 4.78 is 10.9. The molecule has 1 N–H and O–H groups in total. The third kappa shape index (κ3) is 5.37. The maximum absolute atomic E-state index is 12.5. The van der Waals surface area contributed by atoms with Gasteiger partial charge in [0.25, 0.3) is 0 Å². The summed E-state index contributed by atoms with van der Waals surface area (Å²) in [6.07, 6.45) is 2.86. The number of amides is 3. The van der Waals surface area contributed by atoms with Gasteiger partial charge >= 0.3 is 6.03 Å². The Morgan fingerprint density at radius 3 is 2.48 bits per heavy atom. The van der Waals surface area contributed by atoms with Gasteiger partial charge in [0.2, 0.25) is 11.8 Å². The number of nitrogens with zero attached hydrogens (tertiary/aromatic N) is 3. The monoisotopic (exact) mass is 398 g/mol. The number of likely N-dealkylation sites (tertiary alicyclic amines) is 1. The minimum Gasteiger partial charge on any atom is -0.497 e. The summed E-state index contributed by atoms with van der Waals surface area (Å²) in [7, 11) is 5.06. The second kappa shape index (κ2) is 9.27. The van der Waals surface area contributed by atoms with Crippen LogP contribution in [-0.4, -0.2) is 61.0 Å². The molecule has 2 heterocycles. The zero-order chi connectivity index (χ0) is 20.8. The van der Waals surface area contributed by atoms with E-state index in [-0.39, 0.29) is 17.9 Å². The van der Waals surface area contributed by atoms with Gasteiger partial charge in [0.15, 0.2) is 0 Å². The molecule has 1 aliphatic heterocycles. The highest BCUT2D eigenvalue weighted by Crippen LogP contribution is 2.25. The van der Waals surface area contributed by atoms with Crippen LogP contribution in [0.5, 0.6) is 17.4 Å². The van der Waals surface area contributed by atoms with Gasteiger partial charge in [0, 0.05) is 45.2 Å². The molecule has 154 valence electrons. The lowest BCUT2D eigenvalue weighted by Crippen LogP contribution is -2.45. The third-order valence-corrected chi connectivity index (χ3v) is 4.79. The zero-order valence-electron chi connectivity index (χ0n) is 16.9. The number of rotatable bonds is 5. The van der Waals surface area contributed by atoms with Crippen molar-refractivity contribution >= 4 is 17.6 Å². The molecule has 0 saturated carbocycles. The maximum Gasteiger partial charge on any atom is 0.319 e. The van der Waals surface area contributed by atoms with E-state index in [9.17, 15) is 9.59 Å². The molecule has 8 nitrogen and oxygen atoms in total. The Bertz CT molecular complexity index is 846. The molecule has 8 heteroatoms. The Balaban J connectivity index is 1.52. The van der Waals surface area contributed by atoms with Gasteiger partial charge in [-0.2, -0.15) is 0 Å². The third-order valence-electron chi connectivity index (χ3n) is 4.79. The first kappa shape index (κ1) is 20.4. The van der Waals surface area contributed by atoms with Crippen LogP contribution in [0.4, 0.5) is 10.5 Å². The lowest BCUT2D eigenvalue weighted by molar-refractivity contribution is -0.121. The van der Waals surface area contributed by atoms with E-state index in [1.165, 1.54) is 0 Å². The van der Waals surface area contributed by atoms with E-state index < -0.39 is 0 Å². The number of benzene rings is 1. The summed E-state index contributed by atoms with van der Waals surface area (Å²) in [6.45, 7) is 1.17. The summed E-state index contributed by atoms with van der Waals surface area (Å²) >= 11 is 0. The van der Waals surface area contributed by atoms with Crippen molar-refractivity contribution in [1.29, 1.82) is 0 Å². The second-order valence-electron chi connectivity index (χ2n) is 7.09. The van der Waals surface area contributed by atoms with Crippen LogP contribution in [0.3, 0.4) is 0 Å². The fourth-order valence-corrected chi connectivity index (χ4v) is 3.16. The van der Waals surface area contributed by atoms with Crippen molar-refractivity contribution in [2.24, 2.45) is 5.92 Å². The lowest BCUT2D eigenvalue weighted by Gasteiger charge is -2.33. The van der Waals surface area contributed by atoms with Crippen molar-refractivity contribution in [2.75, 3.05) is 39.6 Å². The number of piperidine rings is 1. The average Bonchev–Trinajstić information content (AvgIpc) is 2.74. The van der Waals surface area contributed by atoms with Crippen LogP contribution in [0.25, 0.3) is 0 Å². The fourth-order valence-electron chi connectivity index (χ4n) is 3.16. The van der Waals surface area contributed by atoms with E-state index in [2.05, 4.69) is 10.3 Å². The van der Waals surface area contributed by atoms with Crippen LogP contribution in [0.15, 0.2) is 42.6 Å². The molecular weight excluding hydrogens is 372 g/mol. The zero-order valence-corrected chi connectivity index (χ0v) is 16.9. The van der Waals surface area contributed by atoms with Gasteiger partial charge in [-0.15, -0.1) is 0 Å². The minimum absolute atomic E-state index is 0.0142. The SMILES string of the molecule is COc1cccc(Oc2ccc(NC(=O)C3CCN(C(=O)N(C)C)CC3)cn2)c1. The van der Waals surface area contributed by atoms with E-state index in [1.807, 2.05) is 18.2 Å². The highest BCUT2D eigenvalue weighted by Gasteiger charge is 2.28. The van der Waals surface area contributed by atoms with Crippen LogP contribution in [0.1, 0.15) is 12.8 Å². The molecule has 1 aromatic carbocycles. The average molecular weight is 398 g/mol. The van der Waals surface area contributed by atoms with Gasteiger partial charge in [-0.3, -0.25) is 4.79 Å². The summed E-state index contributed by atoms with van der Waals surface area (Å²) in [5, 5.41) is 2.90. The standard InChI is InChI=1S/C21H26N4O4/c1-24(2)21(27)25-11-9-15(10-12-25)20(26)23-16-7-8-19(22-14-16)29-18-6-4-5-17(13-18)28-3/h4-8,13-15H,9-12H2,1-3H3,(H,23,26). The number of pyridine rings is 1. The van der Waals surface area contributed by atoms with Crippen molar-refractivity contribution in [3.05, 3.63) is 42.6 Å². The molecule has 2 aromatic rings. The quantitative estimate of drug-likeness (QED) is 0.836. The number of methoxy groups -OCH3 is 1. The van der Waals surface area contributed by atoms with Gasteiger partial charge in [-0.25, -0.2) is 9.78 Å². The smallest absolute Gasteiger partial charge is 0.319 e. The van der Waals surface area contributed by atoms with E-state index in [1.54, 1.807) is 55.4 Å². The lowest BCUT2D eigenvalue weighted by atomic mass is 9.96. The Labute approximate surface area is 170 Å². The molecule has 0 unspecified atom stereocenters. The first-order valence-electron chi connectivity index (χ1n) is 9.51. The maximum atomic E-state index is 12.5. The van der Waals surface area contributed by atoms with E-state index in [4.69, 9.17) is 9.47 Å². The highest BCUT2D eigenvalue weighted by atomic mass is 16.5. The predicted molar refractivity (Wildman–Crippen MR) is 109 cm³/mol. The molecule has 0 bridgehead atoms. The number of hydrogen-bond donors (Lipinski definition) is 1. The predicted octanol–water partition coefficient (Wildman–Crippen LogP) is 3.21. The summed E-state index contributed by atoms with van der Waals surface area (Å²) in [5.74, 6) is 1.57. The van der Waals surface area contributed by atoms with Gasteiger partial charge < -0.3 is 24.6 Å².